The fraction of sp³-hybridized carbons (Fsp3) is 0.333. The first-order valence-corrected chi connectivity index (χ1v) is 15.2. The lowest BCUT2D eigenvalue weighted by molar-refractivity contribution is -0.136. The number of carbonyl (C=O) groups is 1. The van der Waals surface area contributed by atoms with Crippen LogP contribution >= 0.6 is 11.3 Å². The first-order chi connectivity index (χ1) is 20.5. The van der Waals surface area contributed by atoms with Crippen molar-refractivity contribution in [1.82, 2.24) is 10.2 Å². The van der Waals surface area contributed by atoms with Crippen molar-refractivity contribution in [2.75, 3.05) is 64.6 Å². The monoisotopic (exact) mass is 583 g/mol. The van der Waals surface area contributed by atoms with Crippen LogP contribution in [0.1, 0.15) is 12.5 Å². The summed E-state index contributed by atoms with van der Waals surface area (Å²) in [5.41, 5.74) is 2.58. The molecule has 2 saturated heterocycles. The lowest BCUT2D eigenvalue weighted by Gasteiger charge is -2.42. The van der Waals surface area contributed by atoms with Crippen LogP contribution in [0, 0.1) is 0 Å². The Bertz CT molecular complexity index is 1870. The predicted octanol–water partition coefficient (Wildman–Crippen LogP) is 4.96. The molecule has 8 nitrogen and oxygen atoms in total. The molecule has 216 valence electrons. The van der Waals surface area contributed by atoms with Gasteiger partial charge in [0.15, 0.2) is 11.3 Å². The van der Waals surface area contributed by atoms with E-state index in [2.05, 4.69) is 51.5 Å². The fourth-order valence-corrected chi connectivity index (χ4v) is 7.55. The number of hydrogen-bond acceptors (Lipinski definition) is 8. The van der Waals surface area contributed by atoms with Gasteiger partial charge in [-0.2, -0.15) is 0 Å². The molecule has 0 aliphatic carbocycles. The number of amides is 1. The van der Waals surface area contributed by atoms with E-state index in [4.69, 9.17) is 13.9 Å². The maximum Gasteiger partial charge on any atom is 0.244 e. The number of morpholine rings is 2. The second-order valence-corrected chi connectivity index (χ2v) is 12.0. The Kier molecular flexibility index (Phi) is 6.98. The van der Waals surface area contributed by atoms with Gasteiger partial charge in [-0.1, -0.05) is 36.4 Å². The molecule has 0 unspecified atom stereocenters. The van der Waals surface area contributed by atoms with Crippen LogP contribution in [0.5, 0.6) is 0 Å². The normalized spacial score (nSPS) is 18.0. The minimum Gasteiger partial charge on any atom is -0.440 e. The van der Waals surface area contributed by atoms with Gasteiger partial charge in [-0.15, -0.1) is 11.3 Å². The number of ether oxygens (including phenoxy) is 2. The van der Waals surface area contributed by atoms with Gasteiger partial charge < -0.3 is 24.1 Å². The van der Waals surface area contributed by atoms with Crippen molar-refractivity contribution in [3.63, 3.8) is 0 Å². The van der Waals surface area contributed by atoms with Gasteiger partial charge >= 0.3 is 0 Å². The summed E-state index contributed by atoms with van der Waals surface area (Å²) in [5.74, 6) is 0.541. The second kappa shape index (κ2) is 10.8. The summed E-state index contributed by atoms with van der Waals surface area (Å²) in [7, 11) is 1.69. The zero-order valence-corrected chi connectivity index (χ0v) is 24.6. The molecule has 2 aromatic heterocycles. The lowest BCUT2D eigenvalue weighted by Crippen LogP contribution is -2.57. The van der Waals surface area contributed by atoms with E-state index < -0.39 is 5.54 Å². The first kappa shape index (κ1) is 27.1. The highest BCUT2D eigenvalue weighted by Crippen LogP contribution is 2.43. The zero-order chi connectivity index (χ0) is 28.8. The predicted molar refractivity (Wildman–Crippen MR) is 168 cm³/mol. The van der Waals surface area contributed by atoms with Gasteiger partial charge in [0.1, 0.15) is 11.1 Å². The fourth-order valence-electron chi connectivity index (χ4n) is 6.34. The number of anilines is 1. The van der Waals surface area contributed by atoms with Crippen LogP contribution in [0.3, 0.4) is 0 Å². The summed E-state index contributed by atoms with van der Waals surface area (Å²) in [6, 6.07) is 20.0. The van der Waals surface area contributed by atoms with Crippen LogP contribution in [0.25, 0.3) is 42.3 Å². The van der Waals surface area contributed by atoms with E-state index in [0.29, 0.717) is 69.5 Å². The molecule has 2 aliphatic rings. The van der Waals surface area contributed by atoms with Gasteiger partial charge in [-0.3, -0.25) is 14.5 Å². The minimum absolute atomic E-state index is 0.0363. The minimum atomic E-state index is -0.826. The molecule has 9 heteroatoms. The smallest absolute Gasteiger partial charge is 0.244 e. The summed E-state index contributed by atoms with van der Waals surface area (Å²) in [6.07, 6.45) is 0. The molecule has 0 saturated carbocycles. The van der Waals surface area contributed by atoms with E-state index in [1.165, 1.54) is 0 Å². The van der Waals surface area contributed by atoms with Gasteiger partial charge in [-0.25, -0.2) is 0 Å². The highest BCUT2D eigenvalue weighted by atomic mass is 32.1. The number of likely N-dealkylation sites (N-methyl/N-ethyl adjacent to an activating group) is 1. The maximum atomic E-state index is 13.4. The molecule has 3 aromatic carbocycles. The van der Waals surface area contributed by atoms with Crippen LogP contribution in [0.15, 0.2) is 69.9 Å². The van der Waals surface area contributed by atoms with Crippen LogP contribution in [-0.2, 0) is 19.8 Å². The number of fused-ring (bicyclic) bond motifs is 4. The molecule has 2 aliphatic heterocycles. The second-order valence-electron chi connectivity index (χ2n) is 11.0. The number of nitrogens with one attached hydrogen (secondary N) is 1. The molecule has 7 rings (SSSR count). The van der Waals surface area contributed by atoms with Crippen molar-refractivity contribution >= 4 is 54.3 Å². The van der Waals surface area contributed by atoms with Gasteiger partial charge in [-0.05, 0) is 30.7 Å². The number of hydrogen-bond donors (Lipinski definition) is 1. The third-order valence-corrected chi connectivity index (χ3v) is 9.95. The van der Waals surface area contributed by atoms with Crippen LogP contribution in [-0.4, -0.2) is 70.5 Å². The van der Waals surface area contributed by atoms with Crippen molar-refractivity contribution in [3.05, 3.63) is 76.5 Å². The van der Waals surface area contributed by atoms with Crippen molar-refractivity contribution in [1.29, 1.82) is 0 Å². The Hall–Kier alpha value is -3.76. The van der Waals surface area contributed by atoms with E-state index in [1.807, 2.05) is 25.1 Å². The molecule has 2 fully saturated rings. The molecular formula is C33H33N3O5S. The van der Waals surface area contributed by atoms with Crippen molar-refractivity contribution in [2.45, 2.75) is 12.5 Å². The molecule has 1 N–H and O–H groups in total. The highest BCUT2D eigenvalue weighted by Gasteiger charge is 2.41. The van der Waals surface area contributed by atoms with Gasteiger partial charge in [0.2, 0.25) is 5.91 Å². The molecular weight excluding hydrogens is 550 g/mol. The van der Waals surface area contributed by atoms with E-state index in [9.17, 15) is 9.59 Å². The van der Waals surface area contributed by atoms with Crippen molar-refractivity contribution < 1.29 is 18.7 Å². The highest BCUT2D eigenvalue weighted by molar-refractivity contribution is 7.26. The standard InChI is InChI=1S/C33H33N3O5S/c1-33(32(38)34-2,36-13-17-40-18-14-36)21-9-10-28-26(19-21)24-7-4-6-23(31(24)42-28)22-5-3-8-25-27(37)20-29(41-30(22)25)35-11-15-39-16-12-35/h3-10,19-20H,11-18H2,1-2H3,(H,34,38)/t33-/m0/s1. The van der Waals surface area contributed by atoms with E-state index >= 15 is 0 Å². The molecule has 4 heterocycles. The molecule has 0 radical (unpaired) electrons. The number of thiophene rings is 1. The number of benzene rings is 3. The Morgan fingerprint density at radius 3 is 2.29 bits per heavy atom. The number of para-hydroxylation sites is 1. The summed E-state index contributed by atoms with van der Waals surface area (Å²) in [4.78, 5) is 30.9. The Labute approximate surface area is 247 Å². The molecule has 1 atom stereocenters. The quantitative estimate of drug-likeness (QED) is 0.313. The summed E-state index contributed by atoms with van der Waals surface area (Å²) >= 11 is 1.72. The Balaban J connectivity index is 1.39. The number of rotatable bonds is 5. The van der Waals surface area contributed by atoms with E-state index in [0.717, 1.165) is 36.9 Å². The molecule has 5 aromatic rings. The number of carbonyl (C=O) groups excluding carboxylic acids is 1. The van der Waals surface area contributed by atoms with E-state index in [-0.39, 0.29) is 11.3 Å². The topological polar surface area (TPSA) is 84.2 Å². The summed E-state index contributed by atoms with van der Waals surface area (Å²) in [6.45, 7) is 7.18. The van der Waals surface area contributed by atoms with Crippen molar-refractivity contribution in [3.8, 4) is 11.1 Å². The van der Waals surface area contributed by atoms with Gasteiger partial charge in [0.05, 0.1) is 31.8 Å². The zero-order valence-electron chi connectivity index (χ0n) is 23.8. The third-order valence-electron chi connectivity index (χ3n) is 8.73. The largest absolute Gasteiger partial charge is 0.440 e. The SMILES string of the molecule is CNC(=O)[C@](C)(c1ccc2sc3c(-c4cccc5c(=O)cc(N6CCOCC6)oc45)cccc3c2c1)N1CCOCC1. The average Bonchev–Trinajstić information content (AvgIpc) is 3.43. The lowest BCUT2D eigenvalue weighted by atomic mass is 9.87. The van der Waals surface area contributed by atoms with E-state index in [1.54, 1.807) is 24.5 Å². The molecule has 0 bridgehead atoms. The molecule has 42 heavy (non-hydrogen) atoms. The van der Waals surface area contributed by atoms with Crippen LogP contribution in [0.4, 0.5) is 5.88 Å². The molecule has 1 amide bonds. The maximum absolute atomic E-state index is 13.4. The van der Waals surface area contributed by atoms with Crippen LogP contribution in [0.2, 0.25) is 0 Å². The van der Waals surface area contributed by atoms with Gasteiger partial charge in [0.25, 0.3) is 0 Å². The summed E-state index contributed by atoms with van der Waals surface area (Å²) in [5, 5.41) is 5.68. The van der Waals surface area contributed by atoms with Crippen molar-refractivity contribution in [2.24, 2.45) is 0 Å². The van der Waals surface area contributed by atoms with Crippen LogP contribution < -0.4 is 15.6 Å². The summed E-state index contributed by atoms with van der Waals surface area (Å²) < 4.78 is 19.8. The average molecular weight is 584 g/mol. The first-order valence-electron chi connectivity index (χ1n) is 14.4. The van der Waals surface area contributed by atoms with Gasteiger partial charge in [0, 0.05) is 70.6 Å². The Morgan fingerprint density at radius 2 is 1.55 bits per heavy atom. The Morgan fingerprint density at radius 1 is 0.857 bits per heavy atom. The number of nitrogens with zero attached hydrogens (tertiary/aromatic N) is 2. The third kappa shape index (κ3) is 4.39. The molecule has 0 spiro atoms.